The summed E-state index contributed by atoms with van der Waals surface area (Å²) < 4.78 is 0. The zero-order chi connectivity index (χ0) is 9.83. The van der Waals surface area contributed by atoms with Crippen LogP contribution < -0.4 is 0 Å². The van der Waals surface area contributed by atoms with E-state index in [1.54, 1.807) is 27.7 Å². The summed E-state index contributed by atoms with van der Waals surface area (Å²) >= 11 is 0. The quantitative estimate of drug-likeness (QED) is 0.444. The molecule has 0 radical (unpaired) electrons. The van der Waals surface area contributed by atoms with Crippen molar-refractivity contribution in [2.45, 2.75) is 39.0 Å². The Morgan fingerprint density at radius 1 is 0.833 bits per heavy atom. The molecular weight excluding hydrogens is 152 g/mol. The molecule has 0 aliphatic rings. The third-order valence-corrected chi connectivity index (χ3v) is 1.09. The molecule has 12 heavy (non-hydrogen) atoms. The lowest BCUT2D eigenvalue weighted by Crippen LogP contribution is -2.14. The molecule has 0 unspecified atom stereocenters. The highest BCUT2D eigenvalue weighted by molar-refractivity contribution is 4.90. The van der Waals surface area contributed by atoms with Gasteiger partial charge in [0.15, 0.2) is 0 Å². The lowest BCUT2D eigenvalue weighted by atomic mass is 10.3. The van der Waals surface area contributed by atoms with Crippen LogP contribution in [0.1, 0.15) is 27.7 Å². The van der Waals surface area contributed by atoms with Gasteiger partial charge in [0.2, 0.25) is 0 Å². The first-order valence-corrected chi connectivity index (χ1v) is 3.54. The molecule has 0 rings (SSSR count). The van der Waals surface area contributed by atoms with E-state index in [1.807, 2.05) is 0 Å². The molecule has 0 N–H and O–H groups in total. The Hall–Kier alpha value is -1.42. The summed E-state index contributed by atoms with van der Waals surface area (Å²) in [6.45, 7) is 20.2. The molecule has 0 amide bonds. The van der Waals surface area contributed by atoms with Crippen LogP contribution in [-0.2, 0) is 0 Å². The van der Waals surface area contributed by atoms with Crippen LogP contribution in [0.4, 0.5) is 0 Å². The Kier molecular flexibility index (Phi) is 2.93. The fraction of sp³-hybridized carbons (Fsp3) is 0.750. The second-order valence-corrected chi connectivity index (χ2v) is 3.41. The van der Waals surface area contributed by atoms with Crippen LogP contribution in [0.15, 0.2) is 10.2 Å². The van der Waals surface area contributed by atoms with E-state index in [1.165, 1.54) is 0 Å². The van der Waals surface area contributed by atoms with Gasteiger partial charge in [0, 0.05) is 27.7 Å². The van der Waals surface area contributed by atoms with Crippen LogP contribution in [0.3, 0.4) is 0 Å². The summed E-state index contributed by atoms with van der Waals surface area (Å²) in [4.78, 5) is 6.49. The van der Waals surface area contributed by atoms with Crippen LogP contribution in [0.25, 0.3) is 9.69 Å². The molecule has 0 bridgehead atoms. The van der Waals surface area contributed by atoms with Gasteiger partial charge in [-0.05, 0) is 0 Å². The van der Waals surface area contributed by atoms with Crippen molar-refractivity contribution in [3.05, 3.63) is 22.8 Å². The summed E-state index contributed by atoms with van der Waals surface area (Å²) in [6.07, 6.45) is 0. The molecule has 0 aromatic carbocycles. The summed E-state index contributed by atoms with van der Waals surface area (Å²) in [5.74, 6) is 0. The highest BCUT2D eigenvalue weighted by atomic mass is 15.3. The Labute approximate surface area is 72.9 Å². The molecule has 0 saturated heterocycles. The second-order valence-electron chi connectivity index (χ2n) is 3.41. The minimum Gasteiger partial charge on any atom is -0.284 e. The smallest absolute Gasteiger partial charge is 0.284 e. The van der Waals surface area contributed by atoms with Crippen molar-refractivity contribution in [2.24, 2.45) is 10.2 Å². The largest absolute Gasteiger partial charge is 0.335 e. The highest BCUT2D eigenvalue weighted by Crippen LogP contribution is 2.17. The number of hydrogen-bond donors (Lipinski definition) is 0. The van der Waals surface area contributed by atoms with E-state index >= 15 is 0 Å². The van der Waals surface area contributed by atoms with Crippen molar-refractivity contribution < 1.29 is 0 Å². The van der Waals surface area contributed by atoms with Gasteiger partial charge in [-0.25, -0.2) is 13.1 Å². The highest BCUT2D eigenvalue weighted by Gasteiger charge is 2.26. The lowest BCUT2D eigenvalue weighted by Gasteiger charge is -2.05. The van der Waals surface area contributed by atoms with E-state index in [0.29, 0.717) is 0 Å². The van der Waals surface area contributed by atoms with Crippen LogP contribution in [0.5, 0.6) is 0 Å². The maximum absolute atomic E-state index is 6.76. The first-order chi connectivity index (χ1) is 5.33. The predicted molar refractivity (Wildman–Crippen MR) is 46.2 cm³/mol. The van der Waals surface area contributed by atoms with E-state index in [4.69, 9.17) is 13.1 Å². The van der Waals surface area contributed by atoms with Gasteiger partial charge in [-0.3, -0.25) is 9.69 Å². The van der Waals surface area contributed by atoms with Gasteiger partial charge in [-0.2, -0.15) is 0 Å². The standard InChI is InChI=1S/C8H12N4/c1-7(2,9-5)11-12-8(3,4)10-6/h1-4H3. The van der Waals surface area contributed by atoms with Crippen molar-refractivity contribution in [1.82, 2.24) is 0 Å². The molecule has 4 heteroatoms. The van der Waals surface area contributed by atoms with Gasteiger partial charge in [-0.1, -0.05) is 10.2 Å². The molecule has 0 aromatic heterocycles. The van der Waals surface area contributed by atoms with Crippen molar-refractivity contribution in [2.75, 3.05) is 0 Å². The first kappa shape index (κ1) is 10.6. The summed E-state index contributed by atoms with van der Waals surface area (Å²) in [5, 5.41) is 7.55. The maximum atomic E-state index is 6.76. The summed E-state index contributed by atoms with van der Waals surface area (Å²) in [5.41, 5.74) is -1.69. The fourth-order valence-electron chi connectivity index (χ4n) is 0.289. The van der Waals surface area contributed by atoms with E-state index in [2.05, 4.69) is 19.9 Å². The van der Waals surface area contributed by atoms with Gasteiger partial charge in [-0.15, -0.1) is 0 Å². The number of hydrogen-bond acceptors (Lipinski definition) is 2. The minimum absolute atomic E-state index is 0.845. The zero-order valence-electron chi connectivity index (χ0n) is 7.79. The molecule has 0 aliphatic heterocycles. The molecule has 64 valence electrons. The molecule has 0 spiro atoms. The first-order valence-electron chi connectivity index (χ1n) is 3.54. The van der Waals surface area contributed by atoms with Crippen LogP contribution in [-0.4, -0.2) is 11.3 Å². The topological polar surface area (TPSA) is 33.4 Å². The second kappa shape index (κ2) is 3.32. The third-order valence-electron chi connectivity index (χ3n) is 1.09. The van der Waals surface area contributed by atoms with Gasteiger partial charge in [0.25, 0.3) is 0 Å². The lowest BCUT2D eigenvalue weighted by molar-refractivity contribution is 0.522. The number of azo groups is 1. The molecule has 0 fully saturated rings. The van der Waals surface area contributed by atoms with Crippen LogP contribution in [0.2, 0.25) is 0 Å². The van der Waals surface area contributed by atoms with Crippen molar-refractivity contribution in [1.29, 1.82) is 0 Å². The monoisotopic (exact) mass is 164 g/mol. The summed E-state index contributed by atoms with van der Waals surface area (Å²) in [7, 11) is 0. The van der Waals surface area contributed by atoms with Crippen LogP contribution >= 0.6 is 0 Å². The predicted octanol–water partition coefficient (Wildman–Crippen LogP) is 2.75. The van der Waals surface area contributed by atoms with Crippen molar-refractivity contribution >= 4 is 0 Å². The Morgan fingerprint density at radius 3 is 1.25 bits per heavy atom. The van der Waals surface area contributed by atoms with Gasteiger partial charge >= 0.3 is 11.3 Å². The summed E-state index contributed by atoms with van der Waals surface area (Å²) in [6, 6.07) is 0. The third kappa shape index (κ3) is 3.68. The number of rotatable bonds is 2. The Morgan fingerprint density at radius 2 is 1.08 bits per heavy atom. The zero-order valence-corrected chi connectivity index (χ0v) is 7.79. The van der Waals surface area contributed by atoms with E-state index < -0.39 is 11.3 Å². The molecule has 0 atom stereocenters. The van der Waals surface area contributed by atoms with E-state index in [9.17, 15) is 0 Å². The van der Waals surface area contributed by atoms with Gasteiger partial charge in [0.05, 0.1) is 0 Å². The molecular formula is C8H12N4. The average Bonchev–Trinajstić information content (AvgIpc) is 2.02. The average molecular weight is 164 g/mol. The maximum Gasteiger partial charge on any atom is 0.335 e. The number of nitrogens with zero attached hydrogens (tertiary/aromatic N) is 4. The molecule has 0 saturated carbocycles. The minimum atomic E-state index is -0.845. The molecule has 0 aliphatic carbocycles. The fourth-order valence-corrected chi connectivity index (χ4v) is 0.289. The van der Waals surface area contributed by atoms with E-state index in [0.717, 1.165) is 0 Å². The Balaban J connectivity index is 4.50. The molecule has 0 heterocycles. The van der Waals surface area contributed by atoms with Crippen molar-refractivity contribution in [3.8, 4) is 0 Å². The molecule has 4 nitrogen and oxygen atoms in total. The van der Waals surface area contributed by atoms with Crippen LogP contribution in [0, 0.1) is 13.1 Å². The Bertz CT molecular complexity index is 234. The van der Waals surface area contributed by atoms with Gasteiger partial charge in [0.1, 0.15) is 0 Å². The van der Waals surface area contributed by atoms with Crippen molar-refractivity contribution in [3.63, 3.8) is 0 Å². The molecule has 0 aromatic rings. The van der Waals surface area contributed by atoms with E-state index in [-0.39, 0.29) is 0 Å². The SMILES string of the molecule is [C-]#[N+]C(C)(C)N=NC(C)(C)[N+]#[C-]. The normalized spacial score (nSPS) is 12.5. The van der Waals surface area contributed by atoms with Gasteiger partial charge < -0.3 is 0 Å².